The normalized spacial score (nSPS) is 11.4. The molecule has 0 aliphatic carbocycles. The maximum Gasteiger partial charge on any atom is 0.338 e. The largest absolute Gasteiger partial charge is 0.478 e. The first-order valence-corrected chi connectivity index (χ1v) is 7.51. The molecule has 1 rings (SSSR count). The van der Waals surface area contributed by atoms with Crippen LogP contribution in [-0.2, 0) is 0 Å². The Bertz CT molecular complexity index is 452. The summed E-state index contributed by atoms with van der Waals surface area (Å²) in [5.74, 6) is -0.257. The highest BCUT2D eigenvalue weighted by Gasteiger charge is 2.28. The van der Waals surface area contributed by atoms with E-state index in [4.69, 9.17) is 0 Å². The van der Waals surface area contributed by atoms with Crippen molar-refractivity contribution >= 4 is 23.4 Å². The van der Waals surface area contributed by atoms with Crippen molar-refractivity contribution in [2.24, 2.45) is 0 Å². The number of carbonyl (C=O) groups is 1. The minimum Gasteiger partial charge on any atom is -0.478 e. The van der Waals surface area contributed by atoms with Gasteiger partial charge in [0.1, 0.15) is 0 Å². The summed E-state index contributed by atoms with van der Waals surface area (Å²) < 4.78 is 0. The fourth-order valence-electron chi connectivity index (χ4n) is 1.86. The molecule has 5 nitrogen and oxygen atoms in total. The number of benzene rings is 1. The minimum absolute atomic E-state index is 0.180. The van der Waals surface area contributed by atoms with E-state index in [1.54, 1.807) is 18.2 Å². The summed E-state index contributed by atoms with van der Waals surface area (Å²) in [4.78, 5) is 12.2. The zero-order valence-electron chi connectivity index (χ0n) is 11.7. The van der Waals surface area contributed by atoms with Crippen molar-refractivity contribution in [3.63, 3.8) is 0 Å². The van der Waals surface area contributed by atoms with Crippen molar-refractivity contribution in [2.45, 2.75) is 30.7 Å². The highest BCUT2D eigenvalue weighted by Crippen LogP contribution is 2.30. The van der Waals surface area contributed by atoms with E-state index in [9.17, 15) is 20.1 Å². The van der Waals surface area contributed by atoms with Gasteiger partial charge in [-0.15, -0.1) is 11.8 Å². The number of nitrogens with one attached hydrogen (secondary N) is 1. The Morgan fingerprint density at radius 2 is 1.95 bits per heavy atom. The zero-order chi connectivity index (χ0) is 15.2. The van der Waals surface area contributed by atoms with Crippen LogP contribution in [0.2, 0.25) is 0 Å². The van der Waals surface area contributed by atoms with E-state index in [1.807, 2.05) is 13.8 Å². The van der Waals surface area contributed by atoms with Crippen molar-refractivity contribution in [1.29, 1.82) is 0 Å². The zero-order valence-corrected chi connectivity index (χ0v) is 12.5. The maximum absolute atomic E-state index is 11.5. The van der Waals surface area contributed by atoms with E-state index in [-0.39, 0.29) is 18.8 Å². The summed E-state index contributed by atoms with van der Waals surface area (Å²) in [6, 6.07) is 5.18. The Labute approximate surface area is 123 Å². The molecule has 1 aromatic rings. The van der Waals surface area contributed by atoms with E-state index in [1.165, 1.54) is 11.8 Å². The molecule has 0 fully saturated rings. The number of hydrogen-bond acceptors (Lipinski definition) is 5. The molecule has 0 saturated heterocycles. The van der Waals surface area contributed by atoms with Crippen LogP contribution >= 0.6 is 11.8 Å². The van der Waals surface area contributed by atoms with Gasteiger partial charge in [-0.1, -0.05) is 19.9 Å². The van der Waals surface area contributed by atoms with E-state index >= 15 is 0 Å². The van der Waals surface area contributed by atoms with E-state index in [0.29, 0.717) is 17.0 Å². The Balaban J connectivity index is 3.23. The second-order valence-corrected chi connectivity index (χ2v) is 5.80. The lowest BCUT2D eigenvalue weighted by Gasteiger charge is -2.31. The van der Waals surface area contributed by atoms with Gasteiger partial charge in [-0.25, -0.2) is 4.79 Å². The SMILES string of the molecule is CCSc1cccc(NC(CC)(CO)CO)c1C(=O)O. The number of anilines is 1. The molecule has 0 atom stereocenters. The van der Waals surface area contributed by atoms with Crippen molar-refractivity contribution in [3.8, 4) is 0 Å². The standard InChI is InChI=1S/C14H21NO4S/c1-3-14(8-16,9-17)15-10-6-5-7-11(20-4-2)12(10)13(18)19/h5-7,15-17H,3-4,8-9H2,1-2H3,(H,18,19). The van der Waals surface area contributed by atoms with Crippen LogP contribution < -0.4 is 5.32 Å². The van der Waals surface area contributed by atoms with Crippen LogP contribution in [0.1, 0.15) is 30.6 Å². The smallest absolute Gasteiger partial charge is 0.338 e. The number of thioether (sulfide) groups is 1. The number of hydrogen-bond donors (Lipinski definition) is 4. The van der Waals surface area contributed by atoms with Crippen molar-refractivity contribution in [1.82, 2.24) is 0 Å². The third-order valence-electron chi connectivity index (χ3n) is 3.22. The molecular weight excluding hydrogens is 278 g/mol. The van der Waals surface area contributed by atoms with Crippen LogP contribution in [0, 0.1) is 0 Å². The van der Waals surface area contributed by atoms with Crippen LogP contribution in [0.3, 0.4) is 0 Å². The molecule has 0 aliphatic heterocycles. The van der Waals surface area contributed by atoms with Gasteiger partial charge in [0.2, 0.25) is 0 Å². The summed E-state index contributed by atoms with van der Waals surface area (Å²) in [7, 11) is 0. The number of aromatic carboxylic acids is 1. The van der Waals surface area contributed by atoms with Gasteiger partial charge in [-0.05, 0) is 24.3 Å². The van der Waals surface area contributed by atoms with Crippen molar-refractivity contribution < 1.29 is 20.1 Å². The summed E-state index contributed by atoms with van der Waals surface area (Å²) >= 11 is 1.45. The molecule has 4 N–H and O–H groups in total. The third kappa shape index (κ3) is 3.65. The highest BCUT2D eigenvalue weighted by molar-refractivity contribution is 7.99. The average molecular weight is 299 g/mol. The molecule has 1 aromatic carbocycles. The van der Waals surface area contributed by atoms with E-state index in [0.717, 1.165) is 5.75 Å². The summed E-state index contributed by atoms with van der Waals surface area (Å²) in [6.07, 6.45) is 0.476. The van der Waals surface area contributed by atoms with Crippen molar-refractivity contribution in [3.05, 3.63) is 23.8 Å². The molecule has 0 heterocycles. The molecule has 0 aromatic heterocycles. The monoisotopic (exact) mass is 299 g/mol. The second kappa shape index (κ2) is 7.52. The van der Waals surface area contributed by atoms with Crippen LogP contribution in [0.15, 0.2) is 23.1 Å². The lowest BCUT2D eigenvalue weighted by atomic mass is 9.97. The first-order chi connectivity index (χ1) is 9.53. The Hall–Kier alpha value is -1.24. The van der Waals surface area contributed by atoms with Crippen LogP contribution in [0.25, 0.3) is 0 Å². The summed E-state index contributed by atoms with van der Waals surface area (Å²) in [5.41, 5.74) is -0.320. The predicted octanol–water partition coefficient (Wildman–Crippen LogP) is 2.04. The molecule has 0 bridgehead atoms. The lowest BCUT2D eigenvalue weighted by Crippen LogP contribution is -2.45. The number of aliphatic hydroxyl groups is 2. The molecule has 0 spiro atoms. The lowest BCUT2D eigenvalue weighted by molar-refractivity contribution is 0.0693. The Kier molecular flexibility index (Phi) is 6.32. The molecule has 0 aliphatic rings. The van der Waals surface area contributed by atoms with Gasteiger partial charge in [-0.2, -0.15) is 0 Å². The quantitative estimate of drug-likeness (QED) is 0.549. The van der Waals surface area contributed by atoms with Gasteiger partial charge in [0, 0.05) is 4.90 Å². The van der Waals surface area contributed by atoms with Gasteiger partial charge in [-0.3, -0.25) is 0 Å². The molecule has 0 unspecified atom stereocenters. The average Bonchev–Trinajstić information content (AvgIpc) is 2.45. The fourth-order valence-corrected chi connectivity index (χ4v) is 2.69. The summed E-state index contributed by atoms with van der Waals surface area (Å²) in [6.45, 7) is 3.23. The topological polar surface area (TPSA) is 89.8 Å². The second-order valence-electron chi connectivity index (χ2n) is 4.49. The molecule has 112 valence electrons. The first kappa shape index (κ1) is 16.8. The number of carboxylic acid groups (broad SMARTS) is 1. The maximum atomic E-state index is 11.5. The Morgan fingerprint density at radius 1 is 1.30 bits per heavy atom. The van der Waals surface area contributed by atoms with Crippen molar-refractivity contribution in [2.75, 3.05) is 24.3 Å². The van der Waals surface area contributed by atoms with Gasteiger partial charge in [0.25, 0.3) is 0 Å². The van der Waals surface area contributed by atoms with Gasteiger partial charge in [0.05, 0.1) is 30.0 Å². The predicted molar refractivity (Wildman–Crippen MR) is 80.6 cm³/mol. The first-order valence-electron chi connectivity index (χ1n) is 6.52. The highest BCUT2D eigenvalue weighted by atomic mass is 32.2. The van der Waals surface area contributed by atoms with E-state index < -0.39 is 11.5 Å². The Morgan fingerprint density at radius 3 is 2.40 bits per heavy atom. The number of carboxylic acids is 1. The molecule has 6 heteroatoms. The van der Waals surface area contributed by atoms with Gasteiger partial charge >= 0.3 is 5.97 Å². The number of rotatable bonds is 8. The van der Waals surface area contributed by atoms with Gasteiger partial charge < -0.3 is 20.6 Å². The molecule has 0 amide bonds. The molecular formula is C14H21NO4S. The molecule has 0 saturated carbocycles. The van der Waals surface area contributed by atoms with E-state index in [2.05, 4.69) is 5.32 Å². The molecule has 20 heavy (non-hydrogen) atoms. The molecule has 0 radical (unpaired) electrons. The third-order valence-corrected chi connectivity index (χ3v) is 4.16. The van der Waals surface area contributed by atoms with Crippen LogP contribution in [0.4, 0.5) is 5.69 Å². The summed E-state index contributed by atoms with van der Waals surface area (Å²) in [5, 5.41) is 31.3. The van der Waals surface area contributed by atoms with Crippen LogP contribution in [-0.4, -0.2) is 45.8 Å². The number of aliphatic hydroxyl groups excluding tert-OH is 2. The minimum atomic E-state index is -1.02. The fraction of sp³-hybridized carbons (Fsp3) is 0.500. The van der Waals surface area contributed by atoms with Gasteiger partial charge in [0.15, 0.2) is 0 Å². The van der Waals surface area contributed by atoms with Crippen LogP contribution in [0.5, 0.6) is 0 Å².